The van der Waals surface area contributed by atoms with Crippen LogP contribution in [0.25, 0.3) is 0 Å². The fourth-order valence-corrected chi connectivity index (χ4v) is 4.34. The Kier molecular flexibility index (Phi) is 6.79. The molecule has 2 saturated heterocycles. The maximum absolute atomic E-state index is 12.9. The van der Waals surface area contributed by atoms with Gasteiger partial charge in [0, 0.05) is 37.8 Å². The van der Waals surface area contributed by atoms with Crippen LogP contribution in [0.5, 0.6) is 5.88 Å². The zero-order chi connectivity index (χ0) is 21.0. The van der Waals surface area contributed by atoms with E-state index in [2.05, 4.69) is 19.9 Å². The molecule has 0 atom stereocenters. The van der Waals surface area contributed by atoms with E-state index in [4.69, 9.17) is 28.6 Å². The van der Waals surface area contributed by atoms with Crippen molar-refractivity contribution in [1.29, 1.82) is 0 Å². The topological polar surface area (TPSA) is 84.0 Å². The number of hydrogen-bond donors (Lipinski definition) is 1. The number of pyridine rings is 1. The summed E-state index contributed by atoms with van der Waals surface area (Å²) in [6.45, 7) is 3.10. The maximum atomic E-state index is 12.9. The van der Waals surface area contributed by atoms with E-state index in [1.807, 2.05) is 4.90 Å². The molecule has 1 spiro atoms. The minimum atomic E-state index is -0.346. The normalized spacial score (nSPS) is 17.9. The first-order valence-corrected chi connectivity index (χ1v) is 10.2. The van der Waals surface area contributed by atoms with E-state index in [1.54, 1.807) is 12.1 Å². The molecule has 29 heavy (non-hydrogen) atoms. The van der Waals surface area contributed by atoms with E-state index in [0.29, 0.717) is 29.6 Å². The largest absolute Gasteiger partial charge is 0.481 e. The van der Waals surface area contributed by atoms with Crippen LogP contribution < -0.4 is 10.1 Å². The van der Waals surface area contributed by atoms with Gasteiger partial charge in [-0.3, -0.25) is 9.59 Å². The van der Waals surface area contributed by atoms with Crippen molar-refractivity contribution >= 4 is 40.8 Å². The number of esters is 1. The van der Waals surface area contributed by atoms with Gasteiger partial charge in [0.2, 0.25) is 5.88 Å². The first kappa shape index (κ1) is 21.6. The van der Waals surface area contributed by atoms with Crippen molar-refractivity contribution in [3.8, 4) is 5.88 Å². The number of rotatable bonds is 4. The van der Waals surface area contributed by atoms with Crippen molar-refractivity contribution in [2.24, 2.45) is 5.41 Å². The molecule has 0 aromatic carbocycles. The van der Waals surface area contributed by atoms with Crippen LogP contribution in [0.15, 0.2) is 12.1 Å². The summed E-state index contributed by atoms with van der Waals surface area (Å²) in [5, 5.41) is 3.76. The number of piperidine rings is 1. The standard InChI is InChI=1S/C19H25ClN4O4S/c1-27-15-10-13(9-14(20)22-15)17(26)23-6-3-19(4-7-23)5-8-24(12-19)18(29)21-11-16(25)28-2/h9-10H,3-8,11-12H2,1-2H3,(H,21,29). The molecular weight excluding hydrogens is 416 g/mol. The van der Waals surface area contributed by atoms with E-state index >= 15 is 0 Å². The Hall–Kier alpha value is -2.13. The van der Waals surface area contributed by atoms with Crippen LogP contribution in [0.4, 0.5) is 0 Å². The fourth-order valence-electron chi connectivity index (χ4n) is 3.92. The Morgan fingerprint density at radius 1 is 1.21 bits per heavy atom. The highest BCUT2D eigenvalue weighted by atomic mass is 35.5. The zero-order valence-corrected chi connectivity index (χ0v) is 18.1. The molecule has 1 aromatic rings. The third-order valence-corrected chi connectivity index (χ3v) is 6.27. The molecule has 0 aliphatic carbocycles. The number of likely N-dealkylation sites (tertiary alicyclic amines) is 2. The number of amides is 1. The van der Waals surface area contributed by atoms with Gasteiger partial charge in [0.15, 0.2) is 5.11 Å². The molecule has 0 bridgehead atoms. The Labute approximate surface area is 180 Å². The molecule has 2 aliphatic heterocycles. The fraction of sp³-hybridized carbons (Fsp3) is 0.579. The first-order chi connectivity index (χ1) is 13.9. The molecule has 1 amide bonds. The molecule has 1 aromatic heterocycles. The van der Waals surface area contributed by atoms with Crippen LogP contribution in [-0.2, 0) is 9.53 Å². The van der Waals surface area contributed by atoms with Gasteiger partial charge in [0.25, 0.3) is 5.91 Å². The molecule has 158 valence electrons. The predicted molar refractivity (Wildman–Crippen MR) is 112 cm³/mol. The number of thiocarbonyl (C=S) groups is 1. The molecule has 3 rings (SSSR count). The number of ether oxygens (including phenoxy) is 2. The van der Waals surface area contributed by atoms with Crippen molar-refractivity contribution < 1.29 is 19.1 Å². The van der Waals surface area contributed by atoms with Crippen LogP contribution >= 0.6 is 23.8 Å². The van der Waals surface area contributed by atoms with Crippen LogP contribution in [0.2, 0.25) is 5.15 Å². The number of methoxy groups -OCH3 is 2. The van der Waals surface area contributed by atoms with Crippen molar-refractivity contribution in [2.45, 2.75) is 19.3 Å². The number of carbonyl (C=O) groups is 2. The lowest BCUT2D eigenvalue weighted by atomic mass is 9.77. The predicted octanol–water partition coefficient (Wildman–Crippen LogP) is 1.72. The summed E-state index contributed by atoms with van der Waals surface area (Å²) in [6.07, 6.45) is 2.83. The molecule has 8 nitrogen and oxygen atoms in total. The van der Waals surface area contributed by atoms with Gasteiger partial charge in [-0.2, -0.15) is 0 Å². The molecule has 0 unspecified atom stereocenters. The van der Waals surface area contributed by atoms with E-state index in [1.165, 1.54) is 14.2 Å². The van der Waals surface area contributed by atoms with Gasteiger partial charge in [-0.05, 0) is 43.0 Å². The summed E-state index contributed by atoms with van der Waals surface area (Å²) in [7, 11) is 2.84. The second-order valence-corrected chi connectivity index (χ2v) is 8.19. The first-order valence-electron chi connectivity index (χ1n) is 9.46. The number of aromatic nitrogens is 1. The molecular formula is C19H25ClN4O4S. The van der Waals surface area contributed by atoms with Crippen molar-refractivity contribution in [3.63, 3.8) is 0 Å². The highest BCUT2D eigenvalue weighted by molar-refractivity contribution is 7.80. The Balaban J connectivity index is 1.55. The highest BCUT2D eigenvalue weighted by Gasteiger charge is 2.42. The minimum Gasteiger partial charge on any atom is -0.481 e. The number of nitrogens with zero attached hydrogens (tertiary/aromatic N) is 3. The zero-order valence-electron chi connectivity index (χ0n) is 16.6. The van der Waals surface area contributed by atoms with Gasteiger partial charge < -0.3 is 24.6 Å². The van der Waals surface area contributed by atoms with Gasteiger partial charge in [0.05, 0.1) is 14.2 Å². The molecule has 10 heteroatoms. The number of hydrogen-bond acceptors (Lipinski definition) is 6. The number of halogens is 1. The van der Waals surface area contributed by atoms with E-state index in [9.17, 15) is 9.59 Å². The third kappa shape index (κ3) is 5.08. The molecule has 0 radical (unpaired) electrons. The van der Waals surface area contributed by atoms with E-state index < -0.39 is 0 Å². The highest BCUT2D eigenvalue weighted by Crippen LogP contribution is 2.40. The van der Waals surface area contributed by atoms with Crippen molar-refractivity contribution in [2.75, 3.05) is 46.9 Å². The lowest BCUT2D eigenvalue weighted by Crippen LogP contribution is -2.46. The number of carbonyl (C=O) groups excluding carboxylic acids is 2. The Bertz CT molecular complexity index is 798. The SMILES string of the molecule is COC(=O)CNC(=S)N1CCC2(CCN(C(=O)c3cc(Cl)nc(OC)c3)CC2)C1. The van der Waals surface area contributed by atoms with E-state index in [0.717, 1.165) is 32.4 Å². The average Bonchev–Trinajstić information content (AvgIpc) is 3.14. The summed E-state index contributed by atoms with van der Waals surface area (Å²) in [4.78, 5) is 32.1. The quantitative estimate of drug-likeness (QED) is 0.430. The molecule has 3 heterocycles. The second kappa shape index (κ2) is 9.13. The van der Waals surface area contributed by atoms with Crippen LogP contribution in [0.1, 0.15) is 29.6 Å². The van der Waals surface area contributed by atoms with Gasteiger partial charge in [-0.25, -0.2) is 4.98 Å². The van der Waals surface area contributed by atoms with Crippen LogP contribution in [-0.4, -0.2) is 78.7 Å². The number of nitrogens with one attached hydrogen (secondary N) is 1. The lowest BCUT2D eigenvalue weighted by Gasteiger charge is -2.39. The Morgan fingerprint density at radius 2 is 1.86 bits per heavy atom. The average molecular weight is 441 g/mol. The van der Waals surface area contributed by atoms with E-state index in [-0.39, 0.29) is 29.0 Å². The summed E-state index contributed by atoms with van der Waals surface area (Å²) in [5.41, 5.74) is 0.625. The summed E-state index contributed by atoms with van der Waals surface area (Å²) < 4.78 is 9.74. The Morgan fingerprint density at radius 3 is 2.48 bits per heavy atom. The molecule has 1 N–H and O–H groups in total. The molecule has 2 fully saturated rings. The van der Waals surface area contributed by atoms with Crippen LogP contribution in [0, 0.1) is 5.41 Å². The monoisotopic (exact) mass is 440 g/mol. The lowest BCUT2D eigenvalue weighted by molar-refractivity contribution is -0.139. The van der Waals surface area contributed by atoms with Crippen LogP contribution in [0.3, 0.4) is 0 Å². The molecule has 0 saturated carbocycles. The summed E-state index contributed by atoms with van der Waals surface area (Å²) >= 11 is 11.4. The third-order valence-electron chi connectivity index (χ3n) is 5.68. The van der Waals surface area contributed by atoms with Gasteiger partial charge in [0.1, 0.15) is 11.7 Å². The van der Waals surface area contributed by atoms with Crippen molar-refractivity contribution in [1.82, 2.24) is 20.1 Å². The van der Waals surface area contributed by atoms with Gasteiger partial charge >= 0.3 is 5.97 Å². The maximum Gasteiger partial charge on any atom is 0.325 e. The summed E-state index contributed by atoms with van der Waals surface area (Å²) in [5.74, 6) is -0.0813. The smallest absolute Gasteiger partial charge is 0.325 e. The minimum absolute atomic E-state index is 0.0624. The second-order valence-electron chi connectivity index (χ2n) is 7.42. The molecule has 2 aliphatic rings. The summed E-state index contributed by atoms with van der Waals surface area (Å²) in [6, 6.07) is 3.18. The van der Waals surface area contributed by atoms with Crippen molar-refractivity contribution in [3.05, 3.63) is 22.8 Å². The van der Waals surface area contributed by atoms with Gasteiger partial charge in [-0.1, -0.05) is 11.6 Å². The van der Waals surface area contributed by atoms with Gasteiger partial charge in [-0.15, -0.1) is 0 Å².